The molecule has 0 bridgehead atoms. The molecule has 0 aliphatic rings. The molecule has 0 aromatic heterocycles. The zero-order chi connectivity index (χ0) is 14.7. The third-order valence-corrected chi connectivity index (χ3v) is 1.74. The van der Waals surface area contributed by atoms with Crippen LogP contribution in [0.15, 0.2) is 0 Å². The number of carboxylic acids is 2. The Hall–Kier alpha value is -1.42. The fraction of sp³-hybridized carbons (Fsp3) is 0.500. The minimum absolute atomic E-state index is 0.0229. The van der Waals surface area contributed by atoms with Gasteiger partial charge in [-0.2, -0.15) is 0 Å². The van der Waals surface area contributed by atoms with Gasteiger partial charge < -0.3 is 20.8 Å². The molecule has 0 unspecified atom stereocenters. The summed E-state index contributed by atoms with van der Waals surface area (Å²) in [5.74, 6) is -2.08. The van der Waals surface area contributed by atoms with Crippen molar-refractivity contribution in [1.82, 2.24) is 4.90 Å². The molecule has 4 N–H and O–H groups in total. The summed E-state index contributed by atoms with van der Waals surface area (Å²) in [7, 11) is 0. The van der Waals surface area contributed by atoms with Crippen molar-refractivity contribution in [2.75, 3.05) is 13.1 Å². The van der Waals surface area contributed by atoms with Crippen LogP contribution in [0.5, 0.6) is 0 Å². The molecule has 0 aromatic rings. The van der Waals surface area contributed by atoms with Crippen molar-refractivity contribution in [3.63, 3.8) is 0 Å². The first-order chi connectivity index (χ1) is 8.16. The first-order valence-electron chi connectivity index (χ1n) is 4.56. The molecule has 0 radical (unpaired) electrons. The van der Waals surface area contributed by atoms with Gasteiger partial charge in [-0.15, -0.1) is 0 Å². The van der Waals surface area contributed by atoms with Crippen molar-refractivity contribution in [2.45, 2.75) is 12.8 Å². The molecule has 0 rings (SSSR count). The molecule has 0 aliphatic heterocycles. The topological polar surface area (TPSA) is 138 Å². The molecule has 0 aromatic carbocycles. The van der Waals surface area contributed by atoms with E-state index in [2.05, 4.69) is 31.0 Å². The van der Waals surface area contributed by atoms with Crippen LogP contribution in [0, 0.1) is 0 Å². The molecule has 0 atom stereocenters. The lowest BCUT2D eigenvalue weighted by atomic mass is 10.3. The quantitative estimate of drug-likeness (QED) is 0.447. The largest absolute Gasteiger partial charge is 0.481 e. The molecule has 10 heteroatoms. The number of rotatable bonds is 6. The van der Waals surface area contributed by atoms with Gasteiger partial charge in [0, 0.05) is 13.1 Å². The molecule has 0 spiro atoms. The predicted molar refractivity (Wildman–Crippen MR) is 69.0 cm³/mol. The second kappa shape index (κ2) is 10.7. The summed E-state index contributed by atoms with van der Waals surface area (Å²) in [5, 5.41) is 15.4. The summed E-state index contributed by atoms with van der Waals surface area (Å²) < 4.78 is 0. The first kappa shape index (κ1) is 18.9. The van der Waals surface area contributed by atoms with Crippen molar-refractivity contribution < 1.29 is 29.4 Å². The van der Waals surface area contributed by atoms with E-state index in [0.717, 1.165) is 4.90 Å². The maximum atomic E-state index is 10.8. The van der Waals surface area contributed by atoms with Gasteiger partial charge in [-0.1, -0.05) is 25.3 Å². The lowest BCUT2D eigenvalue weighted by Crippen LogP contribution is -2.31. The zero-order valence-electron chi connectivity index (χ0n) is 9.27. The maximum Gasteiger partial charge on any atom is 0.305 e. The van der Waals surface area contributed by atoms with Gasteiger partial charge in [0.25, 0.3) is 10.5 Å². The van der Waals surface area contributed by atoms with E-state index in [4.69, 9.17) is 15.0 Å². The smallest absolute Gasteiger partial charge is 0.305 e. The van der Waals surface area contributed by atoms with E-state index < -0.39 is 22.4 Å². The van der Waals surface area contributed by atoms with Crippen LogP contribution in [0.25, 0.3) is 0 Å². The SMILES string of the molecule is NC(=O)S.O=C(O)CCN(CCC(=O)O)C(=O)S. The van der Waals surface area contributed by atoms with Crippen molar-refractivity contribution in [2.24, 2.45) is 5.73 Å². The van der Waals surface area contributed by atoms with Crippen LogP contribution in [0.4, 0.5) is 9.59 Å². The number of nitrogens with zero attached hydrogens (tertiary/aromatic N) is 1. The Balaban J connectivity index is 0. The number of carbonyl (C=O) groups is 4. The zero-order valence-corrected chi connectivity index (χ0v) is 11.1. The third kappa shape index (κ3) is 17.0. The van der Waals surface area contributed by atoms with E-state index in [1.165, 1.54) is 0 Å². The number of hydrogen-bond acceptors (Lipinski definition) is 4. The van der Waals surface area contributed by atoms with E-state index in [-0.39, 0.29) is 25.9 Å². The van der Waals surface area contributed by atoms with Crippen LogP contribution >= 0.6 is 25.3 Å². The molecule has 0 fully saturated rings. The van der Waals surface area contributed by atoms with E-state index in [1.807, 2.05) is 0 Å². The number of thiol groups is 2. The summed E-state index contributed by atoms with van der Waals surface area (Å²) in [6.45, 7) is -0.0457. The monoisotopic (exact) mass is 298 g/mol. The minimum Gasteiger partial charge on any atom is -0.481 e. The lowest BCUT2D eigenvalue weighted by molar-refractivity contribution is -0.137. The highest BCUT2D eigenvalue weighted by Crippen LogP contribution is 1.99. The molecule has 0 aliphatic carbocycles. The highest BCUT2D eigenvalue weighted by molar-refractivity contribution is 7.96. The number of hydrogen-bond donors (Lipinski definition) is 5. The molecular weight excluding hydrogens is 284 g/mol. The van der Waals surface area contributed by atoms with E-state index in [9.17, 15) is 14.4 Å². The highest BCUT2D eigenvalue weighted by atomic mass is 32.1. The lowest BCUT2D eigenvalue weighted by Gasteiger charge is -2.17. The number of amides is 2. The molecule has 18 heavy (non-hydrogen) atoms. The normalized spacial score (nSPS) is 8.78. The van der Waals surface area contributed by atoms with E-state index in [1.54, 1.807) is 0 Å². The number of carbonyl (C=O) groups excluding carboxylic acids is 2. The van der Waals surface area contributed by atoms with Gasteiger partial charge in [-0.25, -0.2) is 0 Å². The van der Waals surface area contributed by atoms with Crippen LogP contribution in [-0.4, -0.2) is 50.6 Å². The summed E-state index contributed by atoms with van der Waals surface area (Å²) in [6.07, 6.45) is -0.433. The Bertz CT molecular complexity index is 301. The number of nitrogens with two attached hydrogens (primary N) is 1. The van der Waals surface area contributed by atoms with Crippen LogP contribution < -0.4 is 5.73 Å². The number of carboxylic acid groups (broad SMARTS) is 2. The van der Waals surface area contributed by atoms with E-state index >= 15 is 0 Å². The summed E-state index contributed by atoms with van der Waals surface area (Å²) in [5.41, 5.74) is 4.34. The first-order valence-corrected chi connectivity index (χ1v) is 5.46. The minimum atomic E-state index is -1.04. The molecule has 2 amide bonds. The molecule has 0 saturated heterocycles. The molecule has 104 valence electrons. The van der Waals surface area contributed by atoms with Crippen LogP contribution in [0.1, 0.15) is 12.8 Å². The fourth-order valence-electron chi connectivity index (χ4n) is 0.764. The highest BCUT2D eigenvalue weighted by Gasteiger charge is 2.12. The van der Waals surface area contributed by atoms with Gasteiger partial charge >= 0.3 is 11.9 Å². The maximum absolute atomic E-state index is 10.8. The summed E-state index contributed by atoms with van der Waals surface area (Å²) in [4.78, 5) is 41.3. The van der Waals surface area contributed by atoms with Gasteiger partial charge in [0.2, 0.25) is 0 Å². The van der Waals surface area contributed by atoms with Crippen molar-refractivity contribution in [1.29, 1.82) is 0 Å². The van der Waals surface area contributed by atoms with Crippen molar-refractivity contribution in [3.8, 4) is 0 Å². The van der Waals surface area contributed by atoms with Gasteiger partial charge in [0.15, 0.2) is 0 Å². The van der Waals surface area contributed by atoms with Crippen LogP contribution in [-0.2, 0) is 9.59 Å². The Morgan fingerprint density at radius 2 is 1.22 bits per heavy atom. The average Bonchev–Trinajstić information content (AvgIpc) is 2.14. The summed E-state index contributed by atoms with van der Waals surface area (Å²) in [6, 6.07) is 0. The third-order valence-electron chi connectivity index (χ3n) is 1.46. The standard InChI is InChI=1S/C7H11NO5S.CH3NOS/c9-5(10)1-3-8(7(13)14)4-2-6(11)12;2-1(3)4/h1-4H2,(H,9,10)(H,11,12)(H,13,14);(H3,2,3,4). The van der Waals surface area contributed by atoms with Gasteiger partial charge in [0.1, 0.15) is 0 Å². The summed E-state index contributed by atoms with van der Waals surface area (Å²) >= 11 is 6.60. The second-order valence-electron chi connectivity index (χ2n) is 2.90. The average molecular weight is 298 g/mol. The molecule has 8 nitrogen and oxygen atoms in total. The molecule has 0 heterocycles. The van der Waals surface area contributed by atoms with Crippen LogP contribution in [0.2, 0.25) is 0 Å². The van der Waals surface area contributed by atoms with Gasteiger partial charge in [-0.3, -0.25) is 19.2 Å². The fourth-order valence-corrected chi connectivity index (χ4v) is 0.964. The van der Waals surface area contributed by atoms with E-state index in [0.29, 0.717) is 0 Å². The number of aliphatic carboxylic acids is 2. The molecular formula is C8H14N2O6S2. The Kier molecular flexibility index (Phi) is 11.3. The Labute approximate surface area is 114 Å². The molecule has 0 saturated carbocycles. The van der Waals surface area contributed by atoms with Gasteiger partial charge in [0.05, 0.1) is 12.8 Å². The Morgan fingerprint density at radius 3 is 1.39 bits per heavy atom. The van der Waals surface area contributed by atoms with Gasteiger partial charge in [-0.05, 0) is 0 Å². The van der Waals surface area contributed by atoms with Crippen molar-refractivity contribution in [3.05, 3.63) is 0 Å². The number of primary amides is 1. The predicted octanol–water partition coefficient (Wildman–Crippen LogP) is 0.282. The van der Waals surface area contributed by atoms with Crippen LogP contribution in [0.3, 0.4) is 0 Å². The second-order valence-corrected chi connectivity index (χ2v) is 3.72. The van der Waals surface area contributed by atoms with Crippen molar-refractivity contribution >= 4 is 47.7 Å². The Morgan fingerprint density at radius 1 is 0.944 bits per heavy atom.